The van der Waals surface area contributed by atoms with Crippen LogP contribution in [-0.4, -0.2) is 27.7 Å². The van der Waals surface area contributed by atoms with Crippen molar-refractivity contribution < 1.29 is 14.6 Å². The molecular formula is C22H23NO3. The topological polar surface area (TPSA) is 49.8 Å². The Balaban J connectivity index is 1.73. The van der Waals surface area contributed by atoms with Crippen molar-refractivity contribution in [2.24, 2.45) is 5.92 Å². The molecule has 26 heavy (non-hydrogen) atoms. The fourth-order valence-corrected chi connectivity index (χ4v) is 4.19. The molecule has 1 saturated carbocycles. The molecule has 1 amide bonds. The second kappa shape index (κ2) is 6.29. The predicted octanol–water partition coefficient (Wildman–Crippen LogP) is 4.25. The maximum absolute atomic E-state index is 12.8. The van der Waals surface area contributed by atoms with Gasteiger partial charge in [-0.25, -0.2) is 4.79 Å². The van der Waals surface area contributed by atoms with E-state index < -0.39 is 5.60 Å². The van der Waals surface area contributed by atoms with Gasteiger partial charge < -0.3 is 9.84 Å². The highest BCUT2D eigenvalue weighted by Crippen LogP contribution is 2.51. The highest BCUT2D eigenvalue weighted by molar-refractivity contribution is 5.72. The minimum Gasteiger partial charge on any atom is -0.439 e. The van der Waals surface area contributed by atoms with Gasteiger partial charge in [-0.05, 0) is 11.1 Å². The van der Waals surface area contributed by atoms with Gasteiger partial charge in [0, 0.05) is 18.4 Å². The van der Waals surface area contributed by atoms with Crippen molar-refractivity contribution in [3.05, 3.63) is 84.4 Å². The summed E-state index contributed by atoms with van der Waals surface area (Å²) >= 11 is 0. The number of nitrogens with zero attached hydrogens (tertiary/aromatic N) is 1. The van der Waals surface area contributed by atoms with Crippen molar-refractivity contribution in [1.82, 2.24) is 4.90 Å². The molecule has 1 aliphatic heterocycles. The number of carbonyl (C=O) groups is 1. The molecule has 2 fully saturated rings. The fourth-order valence-electron chi connectivity index (χ4n) is 4.19. The van der Waals surface area contributed by atoms with E-state index in [1.54, 1.807) is 6.08 Å². The molecule has 1 aliphatic carbocycles. The lowest BCUT2D eigenvalue weighted by atomic mass is 9.65. The van der Waals surface area contributed by atoms with Crippen LogP contribution in [0.4, 0.5) is 4.79 Å². The summed E-state index contributed by atoms with van der Waals surface area (Å²) in [5.74, 6) is -0.0896. The molecule has 4 rings (SSSR count). The number of amides is 1. The minimum atomic E-state index is -0.920. The van der Waals surface area contributed by atoms with E-state index in [2.05, 4.69) is 6.58 Å². The third-order valence-electron chi connectivity index (χ3n) is 5.91. The Kier molecular flexibility index (Phi) is 4.08. The summed E-state index contributed by atoms with van der Waals surface area (Å²) in [6, 6.07) is 19.5. The molecule has 2 aromatic carbocycles. The molecule has 0 unspecified atom stereocenters. The molecule has 134 valence electrons. The number of benzene rings is 2. The number of hydrogen-bond acceptors (Lipinski definition) is 3. The molecule has 0 spiro atoms. The van der Waals surface area contributed by atoms with Gasteiger partial charge in [0.05, 0.1) is 5.60 Å². The van der Waals surface area contributed by atoms with Crippen molar-refractivity contribution in [3.8, 4) is 0 Å². The summed E-state index contributed by atoms with van der Waals surface area (Å²) in [7, 11) is 0. The Labute approximate surface area is 153 Å². The van der Waals surface area contributed by atoms with Crippen LogP contribution in [0.25, 0.3) is 0 Å². The Morgan fingerprint density at radius 3 is 2.23 bits per heavy atom. The first-order chi connectivity index (χ1) is 12.5. The number of ether oxygens (including phenoxy) is 1. The highest BCUT2D eigenvalue weighted by Gasteiger charge is 2.57. The first-order valence-electron chi connectivity index (χ1n) is 9.00. The molecule has 0 bridgehead atoms. The Morgan fingerprint density at radius 1 is 1.12 bits per heavy atom. The first kappa shape index (κ1) is 16.9. The zero-order chi connectivity index (χ0) is 18.3. The normalized spacial score (nSPS) is 33.5. The minimum absolute atomic E-state index is 0.0792. The molecule has 1 saturated heterocycles. The van der Waals surface area contributed by atoms with E-state index in [4.69, 9.17) is 4.74 Å². The van der Waals surface area contributed by atoms with Gasteiger partial charge in [0.1, 0.15) is 6.04 Å². The number of cyclic esters (lactones) is 1. The largest absolute Gasteiger partial charge is 0.439 e. The van der Waals surface area contributed by atoms with Crippen LogP contribution >= 0.6 is 0 Å². The quantitative estimate of drug-likeness (QED) is 0.840. The summed E-state index contributed by atoms with van der Waals surface area (Å²) in [4.78, 5) is 14.6. The van der Waals surface area contributed by atoms with E-state index in [0.717, 1.165) is 11.1 Å². The van der Waals surface area contributed by atoms with Gasteiger partial charge in [0.15, 0.2) is 6.10 Å². The summed E-state index contributed by atoms with van der Waals surface area (Å²) in [5, 5.41) is 10.5. The Hall–Kier alpha value is -2.59. The Bertz CT molecular complexity index is 807. The molecule has 1 heterocycles. The molecule has 1 N–H and O–H groups in total. The van der Waals surface area contributed by atoms with Crippen molar-refractivity contribution >= 4 is 6.09 Å². The van der Waals surface area contributed by atoms with Crippen LogP contribution in [-0.2, 0) is 4.74 Å². The van der Waals surface area contributed by atoms with Gasteiger partial charge in [-0.3, -0.25) is 4.90 Å². The van der Waals surface area contributed by atoms with Crippen LogP contribution in [0.1, 0.15) is 36.6 Å². The van der Waals surface area contributed by atoms with Gasteiger partial charge in [0.25, 0.3) is 0 Å². The maximum Gasteiger partial charge on any atom is 0.411 e. The van der Waals surface area contributed by atoms with E-state index in [9.17, 15) is 9.90 Å². The molecule has 4 heteroatoms. The molecular weight excluding hydrogens is 326 g/mol. The summed E-state index contributed by atoms with van der Waals surface area (Å²) in [6.07, 6.45) is 1.38. The zero-order valence-electron chi connectivity index (χ0n) is 14.8. The van der Waals surface area contributed by atoms with Crippen molar-refractivity contribution in [2.45, 2.75) is 37.1 Å². The van der Waals surface area contributed by atoms with Crippen LogP contribution in [0.5, 0.6) is 0 Å². The Morgan fingerprint density at radius 2 is 1.69 bits per heavy atom. The molecule has 2 aromatic rings. The van der Waals surface area contributed by atoms with Gasteiger partial charge in [-0.1, -0.05) is 73.7 Å². The van der Waals surface area contributed by atoms with Crippen LogP contribution in [0.15, 0.2) is 73.3 Å². The predicted molar refractivity (Wildman–Crippen MR) is 99.4 cm³/mol. The monoisotopic (exact) mass is 349 g/mol. The maximum atomic E-state index is 12.8. The second-order valence-electron chi connectivity index (χ2n) is 7.23. The molecule has 2 aliphatic rings. The van der Waals surface area contributed by atoms with Gasteiger partial charge in [0.2, 0.25) is 0 Å². The third-order valence-corrected chi connectivity index (χ3v) is 5.91. The fraction of sp³-hybridized carbons (Fsp3) is 0.318. The lowest BCUT2D eigenvalue weighted by Gasteiger charge is -2.52. The van der Waals surface area contributed by atoms with E-state index in [-0.39, 0.29) is 30.2 Å². The van der Waals surface area contributed by atoms with Gasteiger partial charge >= 0.3 is 6.09 Å². The van der Waals surface area contributed by atoms with E-state index in [1.807, 2.05) is 72.5 Å². The summed E-state index contributed by atoms with van der Waals surface area (Å²) < 4.78 is 5.81. The number of hydrogen-bond donors (Lipinski definition) is 1. The molecule has 0 radical (unpaired) electrons. The van der Waals surface area contributed by atoms with Crippen LogP contribution in [0.3, 0.4) is 0 Å². The van der Waals surface area contributed by atoms with E-state index in [1.165, 1.54) is 0 Å². The number of aliphatic hydroxyl groups is 1. The second-order valence-corrected chi connectivity index (χ2v) is 7.23. The van der Waals surface area contributed by atoms with Crippen LogP contribution < -0.4 is 0 Å². The van der Waals surface area contributed by atoms with E-state index >= 15 is 0 Å². The smallest absolute Gasteiger partial charge is 0.411 e. The van der Waals surface area contributed by atoms with Crippen molar-refractivity contribution in [2.75, 3.05) is 0 Å². The molecule has 0 aromatic heterocycles. The highest BCUT2D eigenvalue weighted by atomic mass is 16.6. The molecule has 5 atom stereocenters. The number of rotatable bonds is 4. The van der Waals surface area contributed by atoms with Crippen molar-refractivity contribution in [3.63, 3.8) is 0 Å². The summed E-state index contributed by atoms with van der Waals surface area (Å²) in [6.45, 7) is 5.70. The zero-order valence-corrected chi connectivity index (χ0v) is 14.8. The van der Waals surface area contributed by atoms with Gasteiger partial charge in [-0.15, -0.1) is 6.58 Å². The summed E-state index contributed by atoms with van der Waals surface area (Å²) in [5.41, 5.74) is 1.09. The van der Waals surface area contributed by atoms with Gasteiger partial charge in [-0.2, -0.15) is 0 Å². The van der Waals surface area contributed by atoms with Crippen LogP contribution in [0.2, 0.25) is 0 Å². The van der Waals surface area contributed by atoms with Crippen LogP contribution in [0, 0.1) is 5.92 Å². The molecule has 4 nitrogen and oxygen atoms in total. The number of carbonyl (C=O) groups excluding carboxylic acids is 1. The standard InChI is InChI=1S/C22H23NO3/c1-3-22(25)14-18(15(22)2)23-19(16-10-6-4-7-11-16)20(26-21(23)24)17-12-8-5-9-13-17/h3-13,15,18-20,25H,1,14H2,2H3/t15-,18+,19+,20-,22+/m1/s1. The van der Waals surface area contributed by atoms with E-state index in [0.29, 0.717) is 6.42 Å². The lowest BCUT2D eigenvalue weighted by molar-refractivity contribution is -0.104. The lowest BCUT2D eigenvalue weighted by Crippen LogP contribution is -2.62. The van der Waals surface area contributed by atoms with Crippen molar-refractivity contribution in [1.29, 1.82) is 0 Å². The average Bonchev–Trinajstić information content (AvgIpc) is 3.03. The SMILES string of the molecule is C=C[C@]1(O)C[C@H](N2C(=O)O[C@H](c3ccccc3)[C@@H]2c2ccccc2)[C@H]1C. The average molecular weight is 349 g/mol. The third kappa shape index (κ3) is 2.53. The first-order valence-corrected chi connectivity index (χ1v) is 9.00.